The van der Waals surface area contributed by atoms with E-state index in [9.17, 15) is 9.59 Å². The lowest BCUT2D eigenvalue weighted by Gasteiger charge is -2.10. The fraction of sp³-hybridized carbons (Fsp3) is 0.176. The molecule has 7 nitrogen and oxygen atoms in total. The van der Waals surface area contributed by atoms with Gasteiger partial charge in [0.2, 0.25) is 5.91 Å². The van der Waals surface area contributed by atoms with Crippen LogP contribution in [-0.2, 0) is 11.3 Å². The fourth-order valence-electron chi connectivity index (χ4n) is 2.37. The number of nitrogens with one attached hydrogen (secondary N) is 1. The average molecular weight is 359 g/mol. The van der Waals surface area contributed by atoms with Crippen molar-refractivity contribution in [3.8, 4) is 5.75 Å². The first kappa shape index (κ1) is 16.9. The number of halogens is 1. The van der Waals surface area contributed by atoms with Crippen molar-refractivity contribution in [1.82, 2.24) is 15.0 Å². The van der Waals surface area contributed by atoms with Crippen molar-refractivity contribution in [1.29, 1.82) is 0 Å². The molecule has 0 saturated heterocycles. The zero-order chi connectivity index (χ0) is 17.8. The molecule has 0 aliphatic rings. The highest BCUT2D eigenvalue weighted by Gasteiger charge is 2.10. The molecule has 0 unspecified atom stereocenters. The maximum absolute atomic E-state index is 12.3. The van der Waals surface area contributed by atoms with Crippen LogP contribution in [0, 0.1) is 0 Å². The number of aromatic nitrogens is 3. The maximum Gasteiger partial charge on any atom is 0.277 e. The van der Waals surface area contributed by atoms with Crippen LogP contribution in [0.5, 0.6) is 5.75 Å². The first-order chi connectivity index (χ1) is 12.1. The molecule has 0 fully saturated rings. The van der Waals surface area contributed by atoms with Crippen LogP contribution in [0.2, 0.25) is 5.02 Å². The Kier molecular flexibility index (Phi) is 4.95. The molecule has 0 saturated carbocycles. The number of fused-ring (bicyclic) bond motifs is 1. The zero-order valence-electron chi connectivity index (χ0n) is 13.4. The van der Waals surface area contributed by atoms with Gasteiger partial charge in [-0.15, -0.1) is 5.10 Å². The van der Waals surface area contributed by atoms with Gasteiger partial charge in [0, 0.05) is 11.4 Å². The molecule has 0 bridgehead atoms. The van der Waals surface area contributed by atoms with Crippen molar-refractivity contribution in [3.63, 3.8) is 0 Å². The lowest BCUT2D eigenvalue weighted by Crippen LogP contribution is -2.26. The molecule has 3 aromatic rings. The largest absolute Gasteiger partial charge is 0.495 e. The number of carbonyl (C=O) groups is 1. The quantitative estimate of drug-likeness (QED) is 0.757. The van der Waals surface area contributed by atoms with Gasteiger partial charge in [0.25, 0.3) is 5.56 Å². The summed E-state index contributed by atoms with van der Waals surface area (Å²) in [6.45, 7) is 0.116. The Morgan fingerprint density at radius 3 is 2.88 bits per heavy atom. The number of benzene rings is 2. The number of anilines is 1. The minimum atomic E-state index is -0.289. The second kappa shape index (κ2) is 7.31. The Balaban J connectivity index is 1.72. The molecule has 0 spiro atoms. The van der Waals surface area contributed by atoms with Gasteiger partial charge in [0.05, 0.1) is 24.7 Å². The molecule has 25 heavy (non-hydrogen) atoms. The monoisotopic (exact) mass is 358 g/mol. The minimum Gasteiger partial charge on any atom is -0.495 e. The lowest BCUT2D eigenvalue weighted by molar-refractivity contribution is -0.116. The van der Waals surface area contributed by atoms with Crippen molar-refractivity contribution >= 4 is 34.1 Å². The third kappa shape index (κ3) is 3.77. The van der Waals surface area contributed by atoms with Gasteiger partial charge in [0.15, 0.2) is 0 Å². The molecule has 0 radical (unpaired) electrons. The van der Waals surface area contributed by atoms with E-state index >= 15 is 0 Å². The summed E-state index contributed by atoms with van der Waals surface area (Å²) in [5.74, 6) is 0.211. The molecule has 1 amide bonds. The number of carbonyl (C=O) groups excluding carboxylic acids is 1. The van der Waals surface area contributed by atoms with E-state index in [1.807, 2.05) is 0 Å². The van der Waals surface area contributed by atoms with Crippen LogP contribution in [0.3, 0.4) is 0 Å². The molecule has 2 aromatic carbocycles. The lowest BCUT2D eigenvalue weighted by atomic mass is 10.2. The Morgan fingerprint density at radius 2 is 2.08 bits per heavy atom. The summed E-state index contributed by atoms with van der Waals surface area (Å²) < 4.78 is 6.36. The summed E-state index contributed by atoms with van der Waals surface area (Å²) in [6.07, 6.45) is 0.0581. The number of rotatable bonds is 5. The smallest absolute Gasteiger partial charge is 0.277 e. The molecular weight excluding hydrogens is 344 g/mol. The Labute approximate surface area is 148 Å². The Bertz CT molecular complexity index is 987. The summed E-state index contributed by atoms with van der Waals surface area (Å²) in [6, 6.07) is 11.9. The van der Waals surface area contributed by atoms with E-state index < -0.39 is 0 Å². The van der Waals surface area contributed by atoms with Crippen molar-refractivity contribution in [2.75, 3.05) is 12.4 Å². The van der Waals surface area contributed by atoms with Gasteiger partial charge in [-0.25, -0.2) is 4.68 Å². The fourth-order valence-corrected chi connectivity index (χ4v) is 2.54. The first-order valence-corrected chi connectivity index (χ1v) is 7.92. The highest BCUT2D eigenvalue weighted by molar-refractivity contribution is 6.31. The van der Waals surface area contributed by atoms with E-state index in [1.165, 1.54) is 11.8 Å². The van der Waals surface area contributed by atoms with E-state index in [1.54, 1.807) is 42.5 Å². The number of nitrogens with zero attached hydrogens (tertiary/aromatic N) is 3. The van der Waals surface area contributed by atoms with Crippen LogP contribution >= 0.6 is 11.6 Å². The normalized spacial score (nSPS) is 10.6. The first-order valence-electron chi connectivity index (χ1n) is 7.54. The molecule has 1 heterocycles. The second-order valence-electron chi connectivity index (χ2n) is 5.28. The van der Waals surface area contributed by atoms with Gasteiger partial charge >= 0.3 is 0 Å². The SMILES string of the molecule is COc1ccc(Cl)cc1NC(=O)CCn1nnc2ccccc2c1=O. The van der Waals surface area contributed by atoms with Crippen LogP contribution in [0.4, 0.5) is 5.69 Å². The van der Waals surface area contributed by atoms with Gasteiger partial charge < -0.3 is 10.1 Å². The van der Waals surface area contributed by atoms with Crippen LogP contribution in [0.25, 0.3) is 10.9 Å². The van der Waals surface area contributed by atoms with E-state index in [2.05, 4.69) is 15.6 Å². The molecule has 128 valence electrons. The number of methoxy groups -OCH3 is 1. The topological polar surface area (TPSA) is 86.1 Å². The predicted octanol–water partition coefficient (Wildman–Crippen LogP) is 2.48. The maximum atomic E-state index is 12.3. The van der Waals surface area contributed by atoms with Crippen LogP contribution in [-0.4, -0.2) is 28.0 Å². The molecular formula is C17H15ClN4O3. The number of hydrogen-bond donors (Lipinski definition) is 1. The van der Waals surface area contributed by atoms with Gasteiger partial charge in [-0.1, -0.05) is 28.9 Å². The molecule has 1 aromatic heterocycles. The number of ether oxygens (including phenoxy) is 1. The van der Waals surface area contributed by atoms with E-state index in [4.69, 9.17) is 16.3 Å². The van der Waals surface area contributed by atoms with Crippen molar-refractivity contribution in [2.24, 2.45) is 0 Å². The third-order valence-corrected chi connectivity index (χ3v) is 3.85. The molecule has 3 rings (SSSR count). The molecule has 8 heteroatoms. The highest BCUT2D eigenvalue weighted by atomic mass is 35.5. The summed E-state index contributed by atoms with van der Waals surface area (Å²) >= 11 is 5.94. The summed E-state index contributed by atoms with van der Waals surface area (Å²) in [5.41, 5.74) is 0.715. The Morgan fingerprint density at radius 1 is 1.28 bits per heavy atom. The van der Waals surface area contributed by atoms with Crippen molar-refractivity contribution in [3.05, 3.63) is 57.8 Å². The number of aryl methyl sites for hydroxylation is 1. The van der Waals surface area contributed by atoms with E-state index in [-0.39, 0.29) is 24.4 Å². The summed E-state index contributed by atoms with van der Waals surface area (Å²) in [5, 5.41) is 11.5. The molecule has 0 aliphatic heterocycles. The number of amides is 1. The van der Waals surface area contributed by atoms with Gasteiger partial charge in [-0.2, -0.15) is 0 Å². The van der Waals surface area contributed by atoms with Gasteiger partial charge in [-0.3, -0.25) is 9.59 Å². The molecule has 0 aliphatic carbocycles. The molecule has 0 atom stereocenters. The summed E-state index contributed by atoms with van der Waals surface area (Å²) in [4.78, 5) is 24.5. The average Bonchev–Trinajstić information content (AvgIpc) is 2.61. The number of hydrogen-bond acceptors (Lipinski definition) is 5. The molecule has 1 N–H and O–H groups in total. The second-order valence-corrected chi connectivity index (χ2v) is 5.71. The zero-order valence-corrected chi connectivity index (χ0v) is 14.2. The minimum absolute atomic E-state index is 0.0581. The van der Waals surface area contributed by atoms with Crippen molar-refractivity contribution < 1.29 is 9.53 Å². The van der Waals surface area contributed by atoms with E-state index in [0.717, 1.165) is 0 Å². The van der Waals surface area contributed by atoms with Crippen molar-refractivity contribution in [2.45, 2.75) is 13.0 Å². The Hall–Kier alpha value is -2.93. The van der Waals surface area contributed by atoms with Crippen LogP contribution in [0.1, 0.15) is 6.42 Å². The van der Waals surface area contributed by atoms with Gasteiger partial charge in [0.1, 0.15) is 11.3 Å². The van der Waals surface area contributed by atoms with E-state index in [0.29, 0.717) is 27.4 Å². The van der Waals surface area contributed by atoms with Crippen LogP contribution in [0.15, 0.2) is 47.3 Å². The standard InChI is InChI=1S/C17H15ClN4O3/c1-25-15-7-6-11(18)10-14(15)19-16(23)8-9-22-17(24)12-4-2-3-5-13(12)20-21-22/h2-7,10H,8-9H2,1H3,(H,19,23). The van der Waals surface area contributed by atoms with Gasteiger partial charge in [-0.05, 0) is 30.3 Å². The summed E-state index contributed by atoms with van der Waals surface area (Å²) in [7, 11) is 1.50. The van der Waals surface area contributed by atoms with Crippen LogP contribution < -0.4 is 15.6 Å². The predicted molar refractivity (Wildman–Crippen MR) is 95.0 cm³/mol. The third-order valence-electron chi connectivity index (χ3n) is 3.62. The highest BCUT2D eigenvalue weighted by Crippen LogP contribution is 2.27.